The second kappa shape index (κ2) is 8.65. The Labute approximate surface area is 165 Å². The zero-order chi connectivity index (χ0) is 20.1. The lowest BCUT2D eigenvalue weighted by molar-refractivity contribution is -0.130. The Hall–Kier alpha value is -3.22. The maximum Gasteiger partial charge on any atom is 0.325 e. The van der Waals surface area contributed by atoms with Gasteiger partial charge in [0.2, 0.25) is 5.91 Å². The van der Waals surface area contributed by atoms with Gasteiger partial charge in [0.15, 0.2) is 11.5 Å². The largest absolute Gasteiger partial charge is 0.493 e. The third-order valence-corrected chi connectivity index (χ3v) is 4.79. The maximum absolute atomic E-state index is 12.8. The van der Waals surface area contributed by atoms with E-state index >= 15 is 0 Å². The van der Waals surface area contributed by atoms with Crippen LogP contribution in [0.4, 0.5) is 10.5 Å². The lowest BCUT2D eigenvalue weighted by Crippen LogP contribution is -2.40. The average Bonchev–Trinajstić information content (AvgIpc) is 3.08. The van der Waals surface area contributed by atoms with Gasteiger partial charge in [0.05, 0.1) is 14.2 Å². The second-order valence-corrected chi connectivity index (χ2v) is 6.63. The lowest BCUT2D eigenvalue weighted by Gasteiger charge is -2.22. The van der Waals surface area contributed by atoms with Gasteiger partial charge in [-0.15, -0.1) is 0 Å². The molecule has 7 nitrogen and oxygen atoms in total. The van der Waals surface area contributed by atoms with Crippen LogP contribution in [0.3, 0.4) is 0 Å². The molecule has 0 atom stereocenters. The molecular weight excluding hydrogens is 358 g/mol. The number of hydrogen-bond donors (Lipinski definition) is 0. The summed E-state index contributed by atoms with van der Waals surface area (Å²) in [6.07, 6.45) is 0. The zero-order valence-electron chi connectivity index (χ0n) is 16.4. The maximum atomic E-state index is 12.8. The lowest BCUT2D eigenvalue weighted by atomic mass is 10.2. The standard InChI is InChI=1S/C21H25N3O4/c1-22(14-16-7-5-4-6-8-16)20(25)15-23-11-12-24(21(23)26)17-9-10-18(27-2)19(13-17)28-3/h4-10,13H,11-12,14-15H2,1-3H3. The van der Waals surface area contributed by atoms with Crippen molar-refractivity contribution in [2.75, 3.05) is 45.8 Å². The van der Waals surface area contributed by atoms with Gasteiger partial charge >= 0.3 is 6.03 Å². The Morgan fingerprint density at radius 3 is 2.43 bits per heavy atom. The molecule has 0 unspecified atom stereocenters. The molecule has 1 saturated heterocycles. The van der Waals surface area contributed by atoms with Crippen molar-refractivity contribution >= 4 is 17.6 Å². The number of ether oxygens (including phenoxy) is 2. The molecule has 28 heavy (non-hydrogen) atoms. The van der Waals surface area contributed by atoms with Crippen LogP contribution < -0.4 is 14.4 Å². The monoisotopic (exact) mass is 383 g/mol. The summed E-state index contributed by atoms with van der Waals surface area (Å²) in [5, 5.41) is 0. The fourth-order valence-electron chi connectivity index (χ4n) is 3.19. The van der Waals surface area contributed by atoms with Crippen LogP contribution in [-0.2, 0) is 11.3 Å². The number of nitrogens with zero attached hydrogens (tertiary/aromatic N) is 3. The summed E-state index contributed by atoms with van der Waals surface area (Å²) in [5.74, 6) is 1.07. The quantitative estimate of drug-likeness (QED) is 0.737. The van der Waals surface area contributed by atoms with Gasteiger partial charge in [-0.1, -0.05) is 30.3 Å². The number of amides is 3. The molecular formula is C21H25N3O4. The van der Waals surface area contributed by atoms with Crippen molar-refractivity contribution in [2.24, 2.45) is 0 Å². The first-order chi connectivity index (χ1) is 13.5. The van der Waals surface area contributed by atoms with Gasteiger partial charge in [-0.25, -0.2) is 4.79 Å². The van der Waals surface area contributed by atoms with Crippen LogP contribution in [0.15, 0.2) is 48.5 Å². The Balaban J connectivity index is 1.63. The predicted octanol–water partition coefficient (Wildman–Crippen LogP) is 2.60. The van der Waals surface area contributed by atoms with Crippen LogP contribution in [0.5, 0.6) is 11.5 Å². The third kappa shape index (κ3) is 4.19. The van der Waals surface area contributed by atoms with E-state index in [1.807, 2.05) is 36.4 Å². The molecule has 1 fully saturated rings. The van der Waals surface area contributed by atoms with Crippen molar-refractivity contribution in [3.8, 4) is 11.5 Å². The van der Waals surface area contributed by atoms with E-state index in [0.29, 0.717) is 31.1 Å². The number of hydrogen-bond acceptors (Lipinski definition) is 4. The summed E-state index contributed by atoms with van der Waals surface area (Å²) in [4.78, 5) is 30.2. The van der Waals surface area contributed by atoms with E-state index in [-0.39, 0.29) is 18.5 Å². The molecule has 0 N–H and O–H groups in total. The fourth-order valence-corrected chi connectivity index (χ4v) is 3.19. The van der Waals surface area contributed by atoms with Crippen LogP contribution in [-0.4, -0.2) is 62.6 Å². The predicted molar refractivity (Wildman–Crippen MR) is 107 cm³/mol. The van der Waals surface area contributed by atoms with Gasteiger partial charge in [0, 0.05) is 38.4 Å². The molecule has 148 valence electrons. The molecule has 7 heteroatoms. The SMILES string of the molecule is COc1ccc(N2CCN(CC(=O)N(C)Cc3ccccc3)C2=O)cc1OC. The van der Waals surface area contributed by atoms with Crippen LogP contribution in [0.1, 0.15) is 5.56 Å². The molecule has 0 radical (unpaired) electrons. The highest BCUT2D eigenvalue weighted by Crippen LogP contribution is 2.32. The van der Waals surface area contributed by atoms with Gasteiger partial charge < -0.3 is 19.3 Å². The molecule has 0 aliphatic carbocycles. The zero-order valence-corrected chi connectivity index (χ0v) is 16.4. The molecule has 0 aromatic heterocycles. The normalized spacial score (nSPS) is 13.6. The number of carbonyl (C=O) groups is 2. The molecule has 0 spiro atoms. The summed E-state index contributed by atoms with van der Waals surface area (Å²) in [5.41, 5.74) is 1.77. The second-order valence-electron chi connectivity index (χ2n) is 6.63. The number of carbonyl (C=O) groups excluding carboxylic acids is 2. The van der Waals surface area contributed by atoms with E-state index in [0.717, 1.165) is 11.3 Å². The first-order valence-electron chi connectivity index (χ1n) is 9.10. The van der Waals surface area contributed by atoms with Gasteiger partial charge in [0.25, 0.3) is 0 Å². The van der Waals surface area contributed by atoms with E-state index in [4.69, 9.17) is 9.47 Å². The summed E-state index contributed by atoms with van der Waals surface area (Å²) in [6, 6.07) is 14.9. The number of likely N-dealkylation sites (N-methyl/N-ethyl adjacent to an activating group) is 1. The van der Waals surface area contributed by atoms with Crippen molar-refractivity contribution in [1.82, 2.24) is 9.80 Å². The van der Waals surface area contributed by atoms with Crippen molar-refractivity contribution in [3.05, 3.63) is 54.1 Å². The smallest absolute Gasteiger partial charge is 0.325 e. The fraction of sp³-hybridized carbons (Fsp3) is 0.333. The number of urea groups is 1. The van der Waals surface area contributed by atoms with Gasteiger partial charge in [-0.05, 0) is 17.7 Å². The number of anilines is 1. The van der Waals surface area contributed by atoms with E-state index < -0.39 is 0 Å². The third-order valence-electron chi connectivity index (χ3n) is 4.79. The Kier molecular flexibility index (Phi) is 6.03. The molecule has 1 aliphatic rings. The minimum absolute atomic E-state index is 0.0615. The molecule has 1 heterocycles. The first kappa shape index (κ1) is 19.5. The Morgan fingerprint density at radius 2 is 1.75 bits per heavy atom. The molecule has 2 aromatic rings. The van der Waals surface area contributed by atoms with E-state index in [9.17, 15) is 9.59 Å². The summed E-state index contributed by atoms with van der Waals surface area (Å²) < 4.78 is 10.6. The Morgan fingerprint density at radius 1 is 1.04 bits per heavy atom. The van der Waals surface area contributed by atoms with Gasteiger partial charge in [-0.2, -0.15) is 0 Å². The number of rotatable bonds is 7. The Bertz CT molecular complexity index is 841. The molecule has 3 amide bonds. The summed E-state index contributed by atoms with van der Waals surface area (Å²) in [6.45, 7) is 1.59. The number of methoxy groups -OCH3 is 2. The highest BCUT2D eigenvalue weighted by molar-refractivity contribution is 5.96. The molecule has 0 bridgehead atoms. The molecule has 0 saturated carbocycles. The van der Waals surface area contributed by atoms with Crippen molar-refractivity contribution in [2.45, 2.75) is 6.54 Å². The number of benzene rings is 2. The molecule has 2 aromatic carbocycles. The van der Waals surface area contributed by atoms with Crippen molar-refractivity contribution < 1.29 is 19.1 Å². The van der Waals surface area contributed by atoms with Crippen LogP contribution >= 0.6 is 0 Å². The van der Waals surface area contributed by atoms with Crippen LogP contribution in [0, 0.1) is 0 Å². The van der Waals surface area contributed by atoms with Crippen LogP contribution in [0.2, 0.25) is 0 Å². The highest BCUT2D eigenvalue weighted by Gasteiger charge is 2.32. The topological polar surface area (TPSA) is 62.3 Å². The van der Waals surface area contributed by atoms with E-state index in [1.54, 1.807) is 48.1 Å². The minimum Gasteiger partial charge on any atom is -0.493 e. The molecule has 1 aliphatic heterocycles. The minimum atomic E-state index is -0.186. The van der Waals surface area contributed by atoms with Crippen molar-refractivity contribution in [3.63, 3.8) is 0 Å². The van der Waals surface area contributed by atoms with Gasteiger partial charge in [0.1, 0.15) is 6.54 Å². The highest BCUT2D eigenvalue weighted by atomic mass is 16.5. The first-order valence-corrected chi connectivity index (χ1v) is 9.10. The summed E-state index contributed by atoms with van der Waals surface area (Å²) in [7, 11) is 4.88. The molecule has 3 rings (SSSR count). The van der Waals surface area contributed by atoms with Crippen LogP contribution in [0.25, 0.3) is 0 Å². The van der Waals surface area contributed by atoms with E-state index in [1.165, 1.54) is 0 Å². The van der Waals surface area contributed by atoms with E-state index in [2.05, 4.69) is 0 Å². The van der Waals surface area contributed by atoms with Crippen molar-refractivity contribution in [1.29, 1.82) is 0 Å². The van der Waals surface area contributed by atoms with Gasteiger partial charge in [-0.3, -0.25) is 9.69 Å². The average molecular weight is 383 g/mol. The summed E-state index contributed by atoms with van der Waals surface area (Å²) >= 11 is 0.